The van der Waals surface area contributed by atoms with Gasteiger partial charge in [-0.1, -0.05) is 0 Å². The number of hydrogen-bond donors (Lipinski definition) is 1. The zero-order valence-corrected chi connectivity index (χ0v) is 17.2. The van der Waals surface area contributed by atoms with E-state index in [-0.39, 0.29) is 15.3 Å². The standard InChI is InChI=1S/C16H24N2O5S3/c1-22-15(19)14-13(2-9-25-14)26(20,21)17-12-16(3-7-23-8-4-16)18-5-10-24-11-6-18/h2,9,17H,3-8,10-12H2,1H3. The molecule has 10 heteroatoms. The van der Waals surface area contributed by atoms with E-state index in [9.17, 15) is 13.2 Å². The van der Waals surface area contributed by atoms with Crippen LogP contribution in [0.25, 0.3) is 0 Å². The summed E-state index contributed by atoms with van der Waals surface area (Å²) in [5, 5.41) is 1.59. The highest BCUT2D eigenvalue weighted by Gasteiger charge is 2.40. The number of nitrogens with zero attached hydrogens (tertiary/aromatic N) is 1. The first-order valence-corrected chi connectivity index (χ1v) is 12.1. The lowest BCUT2D eigenvalue weighted by molar-refractivity contribution is -0.0218. The zero-order valence-electron chi connectivity index (χ0n) is 14.7. The maximum Gasteiger partial charge on any atom is 0.349 e. The summed E-state index contributed by atoms with van der Waals surface area (Å²) in [4.78, 5) is 14.3. The maximum atomic E-state index is 12.8. The average molecular weight is 421 g/mol. The summed E-state index contributed by atoms with van der Waals surface area (Å²) in [6.07, 6.45) is 1.60. The number of carbonyl (C=O) groups is 1. The van der Waals surface area contributed by atoms with Crippen molar-refractivity contribution in [2.45, 2.75) is 23.3 Å². The number of carbonyl (C=O) groups excluding carboxylic acids is 1. The minimum atomic E-state index is -3.79. The molecule has 2 fully saturated rings. The van der Waals surface area contributed by atoms with Crippen LogP contribution in [0.3, 0.4) is 0 Å². The van der Waals surface area contributed by atoms with Crippen LogP contribution in [0.2, 0.25) is 0 Å². The first-order valence-electron chi connectivity index (χ1n) is 8.54. The number of thioether (sulfide) groups is 1. The topological polar surface area (TPSA) is 84.9 Å². The van der Waals surface area contributed by atoms with E-state index >= 15 is 0 Å². The highest BCUT2D eigenvalue weighted by molar-refractivity contribution is 7.99. The van der Waals surface area contributed by atoms with E-state index in [0.29, 0.717) is 19.8 Å². The van der Waals surface area contributed by atoms with E-state index in [1.165, 1.54) is 13.2 Å². The molecule has 0 atom stereocenters. The third-order valence-electron chi connectivity index (χ3n) is 4.99. The van der Waals surface area contributed by atoms with Gasteiger partial charge in [0.25, 0.3) is 0 Å². The Balaban J connectivity index is 1.78. The van der Waals surface area contributed by atoms with Crippen LogP contribution in [0.4, 0.5) is 0 Å². The lowest BCUT2D eigenvalue weighted by Gasteiger charge is -2.47. The number of ether oxygens (including phenoxy) is 2. The van der Waals surface area contributed by atoms with Crippen molar-refractivity contribution in [2.24, 2.45) is 0 Å². The molecule has 146 valence electrons. The van der Waals surface area contributed by atoms with E-state index < -0.39 is 16.0 Å². The molecule has 26 heavy (non-hydrogen) atoms. The highest BCUT2D eigenvalue weighted by Crippen LogP contribution is 2.31. The predicted octanol–water partition coefficient (Wildman–Crippen LogP) is 1.41. The van der Waals surface area contributed by atoms with Crippen molar-refractivity contribution in [1.82, 2.24) is 9.62 Å². The van der Waals surface area contributed by atoms with Crippen LogP contribution in [-0.2, 0) is 19.5 Å². The molecule has 0 radical (unpaired) electrons. The van der Waals surface area contributed by atoms with Gasteiger partial charge in [0.15, 0.2) is 0 Å². The number of methoxy groups -OCH3 is 1. The van der Waals surface area contributed by atoms with E-state index in [2.05, 4.69) is 9.62 Å². The number of hydrogen-bond acceptors (Lipinski definition) is 8. The van der Waals surface area contributed by atoms with E-state index in [1.807, 2.05) is 11.8 Å². The van der Waals surface area contributed by atoms with Crippen LogP contribution in [0.5, 0.6) is 0 Å². The zero-order chi connectivity index (χ0) is 18.6. The normalized spacial score (nSPS) is 21.4. The van der Waals surface area contributed by atoms with Gasteiger partial charge in [-0.2, -0.15) is 11.8 Å². The molecule has 2 saturated heterocycles. The van der Waals surface area contributed by atoms with Crippen LogP contribution in [0, 0.1) is 0 Å². The molecule has 0 aromatic carbocycles. The fraction of sp³-hybridized carbons (Fsp3) is 0.688. The minimum absolute atomic E-state index is 0.00856. The Bertz CT molecular complexity index is 722. The highest BCUT2D eigenvalue weighted by atomic mass is 32.2. The van der Waals surface area contributed by atoms with Gasteiger partial charge in [-0.15, -0.1) is 11.3 Å². The molecule has 1 aromatic rings. The van der Waals surface area contributed by atoms with Crippen molar-refractivity contribution < 1.29 is 22.7 Å². The number of rotatable bonds is 6. The lowest BCUT2D eigenvalue weighted by atomic mass is 9.88. The molecule has 0 bridgehead atoms. The molecule has 3 heterocycles. The van der Waals surface area contributed by atoms with Crippen LogP contribution >= 0.6 is 23.1 Å². The van der Waals surface area contributed by atoms with Gasteiger partial charge >= 0.3 is 5.97 Å². The molecular weight excluding hydrogens is 396 g/mol. The molecule has 0 saturated carbocycles. The van der Waals surface area contributed by atoms with Gasteiger partial charge in [-0.05, 0) is 24.3 Å². The molecule has 0 unspecified atom stereocenters. The minimum Gasteiger partial charge on any atom is -0.465 e. The van der Waals surface area contributed by atoms with Gasteiger partial charge in [0.2, 0.25) is 10.0 Å². The fourth-order valence-corrected chi connectivity index (χ4v) is 6.81. The van der Waals surface area contributed by atoms with Crippen LogP contribution in [0.15, 0.2) is 16.3 Å². The van der Waals surface area contributed by atoms with Crippen LogP contribution < -0.4 is 4.72 Å². The molecule has 3 rings (SSSR count). The SMILES string of the molecule is COC(=O)c1sccc1S(=O)(=O)NCC1(N2CCSCC2)CCOCC1. The van der Waals surface area contributed by atoms with Gasteiger partial charge in [-0.3, -0.25) is 4.90 Å². The molecule has 1 aromatic heterocycles. The number of thiophene rings is 1. The second-order valence-electron chi connectivity index (χ2n) is 6.37. The Hall–Kier alpha value is -0.650. The van der Waals surface area contributed by atoms with Gasteiger partial charge in [0.1, 0.15) is 9.77 Å². The van der Waals surface area contributed by atoms with Crippen molar-refractivity contribution in [1.29, 1.82) is 0 Å². The van der Waals surface area contributed by atoms with E-state index in [4.69, 9.17) is 9.47 Å². The summed E-state index contributed by atoms with van der Waals surface area (Å²) < 4.78 is 38.6. The Morgan fingerprint density at radius 3 is 2.69 bits per heavy atom. The lowest BCUT2D eigenvalue weighted by Crippen LogP contribution is -2.60. The summed E-state index contributed by atoms with van der Waals surface area (Å²) in [5.41, 5.74) is -0.228. The maximum absolute atomic E-state index is 12.8. The number of nitrogens with one attached hydrogen (secondary N) is 1. The largest absolute Gasteiger partial charge is 0.465 e. The van der Waals surface area contributed by atoms with Crippen molar-refractivity contribution in [3.63, 3.8) is 0 Å². The summed E-state index contributed by atoms with van der Waals surface area (Å²) in [7, 11) is -2.54. The van der Waals surface area contributed by atoms with Gasteiger partial charge in [0.05, 0.1) is 7.11 Å². The fourth-order valence-electron chi connectivity index (χ4n) is 3.45. The molecule has 0 spiro atoms. The smallest absolute Gasteiger partial charge is 0.349 e. The third-order valence-corrected chi connectivity index (χ3v) is 8.40. The third kappa shape index (κ3) is 4.26. The summed E-state index contributed by atoms with van der Waals surface area (Å²) in [5.74, 6) is 1.49. The number of sulfonamides is 1. The summed E-state index contributed by atoms with van der Waals surface area (Å²) in [6.45, 7) is 3.50. The molecule has 0 amide bonds. The monoisotopic (exact) mass is 420 g/mol. The quantitative estimate of drug-likeness (QED) is 0.697. The molecule has 7 nitrogen and oxygen atoms in total. The first kappa shape index (κ1) is 20.1. The second kappa shape index (κ2) is 8.57. The summed E-state index contributed by atoms with van der Waals surface area (Å²) >= 11 is 3.00. The molecule has 0 aliphatic carbocycles. The summed E-state index contributed by atoms with van der Waals surface area (Å²) in [6, 6.07) is 1.45. The van der Waals surface area contributed by atoms with E-state index in [0.717, 1.165) is 48.8 Å². The Morgan fingerprint density at radius 2 is 2.04 bits per heavy atom. The molecular formula is C16H24N2O5S3. The Morgan fingerprint density at radius 1 is 1.35 bits per heavy atom. The van der Waals surface area contributed by atoms with Crippen molar-refractivity contribution in [3.8, 4) is 0 Å². The molecule has 1 N–H and O–H groups in total. The van der Waals surface area contributed by atoms with Crippen LogP contribution in [0.1, 0.15) is 22.5 Å². The predicted molar refractivity (Wildman–Crippen MR) is 103 cm³/mol. The van der Waals surface area contributed by atoms with Gasteiger partial charge in [0, 0.05) is 49.9 Å². The van der Waals surface area contributed by atoms with Crippen molar-refractivity contribution >= 4 is 39.1 Å². The molecule has 2 aliphatic rings. The Kier molecular flexibility index (Phi) is 6.63. The van der Waals surface area contributed by atoms with Crippen LogP contribution in [-0.4, -0.2) is 76.3 Å². The van der Waals surface area contributed by atoms with Crippen molar-refractivity contribution in [2.75, 3.05) is 51.5 Å². The average Bonchev–Trinajstić information content (AvgIpc) is 3.18. The van der Waals surface area contributed by atoms with Gasteiger partial charge in [-0.25, -0.2) is 17.9 Å². The Labute approximate surface area is 162 Å². The van der Waals surface area contributed by atoms with Crippen molar-refractivity contribution in [3.05, 3.63) is 16.3 Å². The number of esters is 1. The second-order valence-corrected chi connectivity index (χ2v) is 10.2. The van der Waals surface area contributed by atoms with E-state index in [1.54, 1.807) is 5.38 Å². The molecule has 2 aliphatic heterocycles. The first-order chi connectivity index (χ1) is 12.5. The van der Waals surface area contributed by atoms with Gasteiger partial charge < -0.3 is 9.47 Å².